The van der Waals surface area contributed by atoms with Crippen molar-refractivity contribution in [2.75, 3.05) is 5.73 Å². The molecule has 2 N–H and O–H groups in total. The molecule has 11 heavy (non-hydrogen) atoms. The molecule has 0 aromatic carbocycles. The first-order valence-corrected chi connectivity index (χ1v) is 2.72. The normalized spacial score (nSPS) is 9.45. The van der Waals surface area contributed by atoms with Crippen LogP contribution in [0.25, 0.3) is 11.2 Å². The van der Waals surface area contributed by atoms with Gasteiger partial charge in [0.25, 0.3) is 0 Å². The van der Waals surface area contributed by atoms with E-state index in [-0.39, 0.29) is 51.4 Å². The summed E-state index contributed by atoms with van der Waals surface area (Å²) in [6.45, 7) is 0. The summed E-state index contributed by atoms with van der Waals surface area (Å²) in [7, 11) is 0. The Morgan fingerprint density at radius 3 is 2.82 bits per heavy atom. The topological polar surface area (TPSA) is 78.8 Å². The Bertz CT molecular complexity index is 356. The number of nitrogen functional groups attached to an aromatic ring is 1. The van der Waals surface area contributed by atoms with Crippen LogP contribution < -0.4 is 62.1 Å². The number of nitrogens with zero attached hydrogens (tertiary/aromatic N) is 4. The van der Waals surface area contributed by atoms with E-state index in [1.807, 2.05) is 0 Å². The van der Waals surface area contributed by atoms with Gasteiger partial charge in [0.2, 0.25) is 0 Å². The number of fused-ring (bicyclic) bond motifs is 1. The molecule has 2 aromatic rings. The standard InChI is InChI=1S/C5H4N5.K/c6-4-3-5(9-1-7-3)10-2-8-4;/h1-2H,(H2-,6,7,8,9,10);/q-1;+1. The van der Waals surface area contributed by atoms with Gasteiger partial charge in [0.15, 0.2) is 0 Å². The summed E-state index contributed by atoms with van der Waals surface area (Å²) in [4.78, 5) is 15.3. The summed E-state index contributed by atoms with van der Waals surface area (Å²) in [5.41, 5.74) is 6.57. The molecule has 0 bridgehead atoms. The van der Waals surface area contributed by atoms with Crippen LogP contribution in [0, 0.1) is 0 Å². The first-order chi connectivity index (χ1) is 4.88. The van der Waals surface area contributed by atoms with Crippen molar-refractivity contribution >= 4 is 17.0 Å². The Hall–Kier alpha value is -0.0136. The molecule has 0 spiro atoms. The molecular formula is C5H4KN5. The number of anilines is 1. The van der Waals surface area contributed by atoms with Crippen LogP contribution in [0.15, 0.2) is 12.7 Å². The second-order valence-corrected chi connectivity index (χ2v) is 1.80. The van der Waals surface area contributed by atoms with Crippen molar-refractivity contribution in [1.82, 2.24) is 19.9 Å². The van der Waals surface area contributed by atoms with Crippen LogP contribution >= 0.6 is 0 Å². The summed E-state index contributed by atoms with van der Waals surface area (Å²) >= 11 is 0. The van der Waals surface area contributed by atoms with Gasteiger partial charge in [0, 0.05) is 17.5 Å². The SMILES string of the molecule is Nc1ncnc2[n-]cnc12.[K+]. The molecule has 6 heteroatoms. The molecule has 2 aromatic heterocycles. The smallest absolute Gasteiger partial charge is 0.383 e. The van der Waals surface area contributed by atoms with Crippen LogP contribution in [0.4, 0.5) is 5.82 Å². The van der Waals surface area contributed by atoms with Gasteiger partial charge >= 0.3 is 51.4 Å². The maximum atomic E-state index is 5.45. The summed E-state index contributed by atoms with van der Waals surface area (Å²) in [6, 6.07) is 0. The molecule has 0 saturated heterocycles. The number of aromatic nitrogens is 4. The summed E-state index contributed by atoms with van der Waals surface area (Å²) in [5.74, 6) is 0.377. The third kappa shape index (κ3) is 1.59. The third-order valence-electron chi connectivity index (χ3n) is 1.20. The maximum absolute atomic E-state index is 5.45. The van der Waals surface area contributed by atoms with Gasteiger partial charge in [0.1, 0.15) is 5.82 Å². The zero-order chi connectivity index (χ0) is 6.97. The molecule has 0 saturated carbocycles. The molecule has 2 rings (SSSR count). The summed E-state index contributed by atoms with van der Waals surface area (Å²) < 4.78 is 0. The number of hydrogen-bond donors (Lipinski definition) is 1. The van der Waals surface area contributed by atoms with Crippen LogP contribution in [-0.2, 0) is 0 Å². The number of nitrogens with two attached hydrogens (primary N) is 1. The molecule has 2 heterocycles. The van der Waals surface area contributed by atoms with E-state index >= 15 is 0 Å². The van der Waals surface area contributed by atoms with Gasteiger partial charge in [-0.25, -0.2) is 4.98 Å². The third-order valence-corrected chi connectivity index (χ3v) is 1.20. The van der Waals surface area contributed by atoms with Crippen molar-refractivity contribution in [2.45, 2.75) is 0 Å². The van der Waals surface area contributed by atoms with Crippen LogP contribution in [0.3, 0.4) is 0 Å². The van der Waals surface area contributed by atoms with Gasteiger partial charge in [-0.2, -0.15) is 0 Å². The molecule has 0 atom stereocenters. The summed E-state index contributed by atoms with van der Waals surface area (Å²) in [6.07, 6.45) is 2.78. The van der Waals surface area contributed by atoms with E-state index < -0.39 is 0 Å². The molecular weight excluding hydrogens is 169 g/mol. The average molecular weight is 173 g/mol. The monoisotopic (exact) mass is 173 g/mol. The summed E-state index contributed by atoms with van der Waals surface area (Å²) in [5, 5.41) is 0. The predicted octanol–water partition coefficient (Wildman–Crippen LogP) is -3.43. The van der Waals surface area contributed by atoms with E-state index in [9.17, 15) is 0 Å². The fraction of sp³-hybridized carbons (Fsp3) is 0. The largest absolute Gasteiger partial charge is 1.00 e. The maximum Gasteiger partial charge on any atom is 1.00 e. The number of hydrogen-bond acceptors (Lipinski definition) is 4. The van der Waals surface area contributed by atoms with Gasteiger partial charge in [0.05, 0.1) is 0 Å². The Morgan fingerprint density at radius 1 is 1.27 bits per heavy atom. The van der Waals surface area contributed by atoms with Crippen molar-refractivity contribution in [3.05, 3.63) is 12.7 Å². The molecule has 0 amide bonds. The molecule has 0 unspecified atom stereocenters. The Labute approximate surface area is 105 Å². The van der Waals surface area contributed by atoms with Gasteiger partial charge in [-0.05, 0) is 6.33 Å². The Balaban J connectivity index is 0.000000605. The van der Waals surface area contributed by atoms with E-state index in [0.717, 1.165) is 0 Å². The van der Waals surface area contributed by atoms with Gasteiger partial charge in [-0.15, -0.1) is 0 Å². The fourth-order valence-electron chi connectivity index (χ4n) is 0.742. The number of rotatable bonds is 0. The molecule has 0 radical (unpaired) electrons. The van der Waals surface area contributed by atoms with Crippen molar-refractivity contribution in [3.8, 4) is 0 Å². The van der Waals surface area contributed by atoms with Crippen LogP contribution in [0.1, 0.15) is 0 Å². The zero-order valence-electron chi connectivity index (χ0n) is 6.02. The fourth-order valence-corrected chi connectivity index (χ4v) is 0.742. The molecule has 5 nitrogen and oxygen atoms in total. The van der Waals surface area contributed by atoms with Crippen LogP contribution in [0.5, 0.6) is 0 Å². The molecule has 0 aliphatic carbocycles. The second kappa shape index (κ2) is 3.59. The van der Waals surface area contributed by atoms with Gasteiger partial charge in [-0.1, -0.05) is 0 Å². The van der Waals surface area contributed by atoms with Crippen molar-refractivity contribution in [2.24, 2.45) is 0 Å². The van der Waals surface area contributed by atoms with E-state index in [1.54, 1.807) is 0 Å². The van der Waals surface area contributed by atoms with E-state index in [1.165, 1.54) is 12.7 Å². The van der Waals surface area contributed by atoms with Crippen molar-refractivity contribution in [3.63, 3.8) is 0 Å². The molecule has 0 aliphatic heterocycles. The first-order valence-electron chi connectivity index (χ1n) is 2.72. The quantitative estimate of drug-likeness (QED) is 0.419. The first kappa shape index (κ1) is 9.08. The predicted molar refractivity (Wildman–Crippen MR) is 35.1 cm³/mol. The minimum Gasteiger partial charge on any atom is -0.383 e. The zero-order valence-corrected chi connectivity index (χ0v) is 9.14. The Morgan fingerprint density at radius 2 is 2.09 bits per heavy atom. The Kier molecular flexibility index (Phi) is 2.96. The minimum atomic E-state index is 0. The minimum absolute atomic E-state index is 0. The molecule has 0 fully saturated rings. The van der Waals surface area contributed by atoms with Crippen LogP contribution in [0.2, 0.25) is 0 Å². The van der Waals surface area contributed by atoms with Gasteiger partial charge < -0.3 is 20.7 Å². The average Bonchev–Trinajstić information content (AvgIpc) is 2.36. The second-order valence-electron chi connectivity index (χ2n) is 1.80. The van der Waals surface area contributed by atoms with Crippen molar-refractivity contribution < 1.29 is 51.4 Å². The van der Waals surface area contributed by atoms with E-state index in [0.29, 0.717) is 17.0 Å². The van der Waals surface area contributed by atoms with E-state index in [4.69, 9.17) is 5.73 Å². The molecule has 50 valence electrons. The molecule has 0 aliphatic rings. The van der Waals surface area contributed by atoms with E-state index in [2.05, 4.69) is 19.9 Å². The number of imidazole rings is 1. The van der Waals surface area contributed by atoms with Crippen molar-refractivity contribution in [1.29, 1.82) is 0 Å². The van der Waals surface area contributed by atoms with Crippen LogP contribution in [-0.4, -0.2) is 15.0 Å². The van der Waals surface area contributed by atoms with Gasteiger partial charge in [-0.3, -0.25) is 0 Å².